The van der Waals surface area contributed by atoms with Crippen LogP contribution >= 0.6 is 0 Å². The first kappa shape index (κ1) is 70.9. The quantitative estimate of drug-likeness (QED) is 0.0252. The summed E-state index contributed by atoms with van der Waals surface area (Å²) in [6.45, 7) is 3.23. The zero-order valence-electron chi connectivity index (χ0n) is 43.6. The fourth-order valence-electron chi connectivity index (χ4n) is 6.09. The van der Waals surface area contributed by atoms with Gasteiger partial charge in [-0.1, -0.05) is 13.8 Å². The number of β-amino-alcohol motifs (C(OH)–C–C–N with tert-alkyl or cyclic N) is 3. The summed E-state index contributed by atoms with van der Waals surface area (Å²) in [7, 11) is 0. The van der Waals surface area contributed by atoms with Gasteiger partial charge in [0, 0.05) is 30.5 Å². The van der Waals surface area contributed by atoms with E-state index < -0.39 is 125 Å². The van der Waals surface area contributed by atoms with Crippen LogP contribution < -0.4 is 21.7 Å². The van der Waals surface area contributed by atoms with Gasteiger partial charge in [-0.3, -0.25) is 0 Å². The first-order chi connectivity index (χ1) is 35.4. The summed E-state index contributed by atoms with van der Waals surface area (Å²) >= 11 is 0. The van der Waals surface area contributed by atoms with Gasteiger partial charge in [-0.15, -0.1) is 0 Å². The van der Waals surface area contributed by atoms with E-state index in [1.807, 2.05) is 6.92 Å². The monoisotopic (exact) mass is 1090 g/mol. The highest BCUT2D eigenvalue weighted by molar-refractivity contribution is 4.90. The Kier molecular flexibility index (Phi) is 36.9. The molecule has 0 radical (unpaired) electrons. The number of ether oxygens (including phenoxy) is 9. The lowest BCUT2D eigenvalue weighted by Gasteiger charge is -2.34. The van der Waals surface area contributed by atoms with Crippen molar-refractivity contribution in [3.05, 3.63) is 0 Å². The molecule has 28 nitrogen and oxygen atoms in total. The molecule has 6 unspecified atom stereocenters. The molecule has 28 heteroatoms. The van der Waals surface area contributed by atoms with Gasteiger partial charge in [-0.25, -0.2) is 0 Å². The van der Waals surface area contributed by atoms with Crippen LogP contribution in [0.2, 0.25) is 0 Å². The minimum atomic E-state index is -1.38. The predicted molar refractivity (Wildman–Crippen MR) is 262 cm³/mol. The predicted octanol–water partition coefficient (Wildman–Crippen LogP) is -9.28. The van der Waals surface area contributed by atoms with Gasteiger partial charge < -0.3 is 141 Å². The van der Waals surface area contributed by atoms with Gasteiger partial charge in [0.2, 0.25) is 0 Å². The van der Waals surface area contributed by atoms with Crippen molar-refractivity contribution in [1.29, 1.82) is 0 Å². The normalized spacial score (nSPS) is 20.6. The van der Waals surface area contributed by atoms with Crippen LogP contribution in [0, 0.1) is 10.8 Å². The highest BCUT2D eigenvalue weighted by atomic mass is 16.6. The Labute approximate surface area is 434 Å². The fourth-order valence-corrected chi connectivity index (χ4v) is 6.09. The Bertz CT molecular complexity index is 1180. The molecule has 0 aromatic carbocycles. The van der Waals surface area contributed by atoms with E-state index in [2.05, 4.69) is 22.9 Å². The van der Waals surface area contributed by atoms with Crippen LogP contribution in [0.5, 0.6) is 0 Å². The molecule has 0 amide bonds. The minimum Gasteiger partial charge on any atom is -0.394 e. The van der Waals surface area contributed by atoms with Crippen LogP contribution in [-0.2, 0) is 42.6 Å². The molecule has 444 valence electrons. The first-order valence-corrected chi connectivity index (χ1v) is 25.1. The molecule has 0 aromatic rings. The van der Waals surface area contributed by atoms with Crippen molar-refractivity contribution < 1.29 is 119 Å². The van der Waals surface area contributed by atoms with Crippen LogP contribution in [0.1, 0.15) is 26.7 Å². The summed E-state index contributed by atoms with van der Waals surface area (Å²) in [6, 6.07) is 0. The van der Waals surface area contributed by atoms with Crippen molar-refractivity contribution >= 4 is 0 Å². The maximum absolute atomic E-state index is 10.4. The standard InChI is InChI=1S/C27H59N3O15.C15H26O6.C4H11NO3/c1-2-24(18-43-6-21(40)3-28-25(9-31,10-32)11-33,19-44-7-22(41)4-29-26(12-34,13-35)14-36)20-45-8-23(42)5-30-27(15-37,16-38)17-39;1-2-15(9-16-3-12-6-19-12,10-17-4-13-7-20-13)11-18-5-14-8-21-14;5-4(1-6,2-7)3-8/h21-23,28-42H,2-20H2,1H3;12-14H,2-11H2,1H3;6-8H,1-3,5H2. The lowest BCUT2D eigenvalue weighted by molar-refractivity contribution is -0.101. The van der Waals surface area contributed by atoms with E-state index in [1.165, 1.54) is 0 Å². The second-order valence-corrected chi connectivity index (χ2v) is 19.9. The van der Waals surface area contributed by atoms with E-state index in [0.29, 0.717) is 64.4 Å². The van der Waals surface area contributed by atoms with E-state index in [9.17, 15) is 61.3 Å². The molecular weight excluding hydrogens is 993 g/mol. The highest BCUT2D eigenvalue weighted by Crippen LogP contribution is 2.27. The van der Waals surface area contributed by atoms with Crippen molar-refractivity contribution in [3.8, 4) is 0 Å². The molecule has 3 aliphatic heterocycles. The van der Waals surface area contributed by atoms with Gasteiger partial charge in [0.1, 0.15) is 18.3 Å². The Hall–Kier alpha value is -1.12. The van der Waals surface area contributed by atoms with Crippen molar-refractivity contribution in [1.82, 2.24) is 16.0 Å². The minimum absolute atomic E-state index is 0.000308. The molecule has 0 spiro atoms. The maximum atomic E-state index is 10.4. The molecular formula is C46H96N4O24. The van der Waals surface area contributed by atoms with Crippen molar-refractivity contribution in [2.45, 2.75) is 85.5 Å². The smallest absolute Gasteiger partial charge is 0.104 e. The van der Waals surface area contributed by atoms with Gasteiger partial charge in [-0.05, 0) is 12.8 Å². The summed E-state index contributed by atoms with van der Waals surface area (Å²) in [4.78, 5) is 0. The lowest BCUT2D eigenvalue weighted by atomic mass is 9.88. The molecule has 0 saturated carbocycles. The van der Waals surface area contributed by atoms with Crippen molar-refractivity contribution in [2.24, 2.45) is 16.6 Å². The van der Waals surface area contributed by atoms with E-state index in [-0.39, 0.29) is 64.7 Å². The third kappa shape index (κ3) is 28.7. The fraction of sp³-hybridized carbons (Fsp3) is 1.00. The van der Waals surface area contributed by atoms with Crippen LogP contribution in [0.15, 0.2) is 0 Å². The average Bonchev–Trinajstić information content (AvgIpc) is 4.28. The van der Waals surface area contributed by atoms with Gasteiger partial charge in [0.25, 0.3) is 0 Å². The first-order valence-electron chi connectivity index (χ1n) is 25.1. The second-order valence-electron chi connectivity index (χ2n) is 19.9. The number of aliphatic hydroxyl groups excluding tert-OH is 15. The van der Waals surface area contributed by atoms with Gasteiger partial charge in [-0.2, -0.15) is 0 Å². The summed E-state index contributed by atoms with van der Waals surface area (Å²) < 4.78 is 50.2. The van der Waals surface area contributed by atoms with Gasteiger partial charge in [0.15, 0.2) is 0 Å². The molecule has 3 aliphatic rings. The number of epoxide rings is 3. The zero-order valence-corrected chi connectivity index (χ0v) is 43.6. The Morgan fingerprint density at radius 3 is 0.784 bits per heavy atom. The third-order valence-corrected chi connectivity index (χ3v) is 12.8. The molecule has 3 rings (SSSR count). The lowest BCUT2D eigenvalue weighted by Crippen LogP contribution is -2.57. The Morgan fingerprint density at radius 1 is 0.405 bits per heavy atom. The van der Waals surface area contributed by atoms with Crippen molar-refractivity contribution in [3.63, 3.8) is 0 Å². The van der Waals surface area contributed by atoms with E-state index >= 15 is 0 Å². The second kappa shape index (κ2) is 38.5. The highest BCUT2D eigenvalue weighted by Gasteiger charge is 2.36. The number of rotatable bonds is 47. The van der Waals surface area contributed by atoms with Crippen molar-refractivity contribution in [2.75, 3.05) is 198 Å². The summed E-state index contributed by atoms with van der Waals surface area (Å²) in [5.41, 5.74) is -1.13. The molecule has 0 aromatic heterocycles. The molecule has 74 heavy (non-hydrogen) atoms. The van der Waals surface area contributed by atoms with E-state index in [1.54, 1.807) is 0 Å². The van der Waals surface area contributed by atoms with Crippen LogP contribution in [0.25, 0.3) is 0 Å². The maximum Gasteiger partial charge on any atom is 0.104 e. The van der Waals surface area contributed by atoms with E-state index in [0.717, 1.165) is 26.2 Å². The third-order valence-electron chi connectivity index (χ3n) is 12.8. The molecule has 0 bridgehead atoms. The largest absolute Gasteiger partial charge is 0.394 e. The zero-order chi connectivity index (χ0) is 55.6. The van der Waals surface area contributed by atoms with Crippen LogP contribution in [-0.4, -0.2) is 333 Å². The molecule has 3 saturated heterocycles. The van der Waals surface area contributed by atoms with Crippen LogP contribution in [0.4, 0.5) is 0 Å². The van der Waals surface area contributed by atoms with E-state index in [4.69, 9.17) is 63.7 Å². The SMILES string of the molecule is CCC(COCC(O)CNC(CO)(CO)CO)(COCC(O)CNC(CO)(CO)CO)COCC(O)CNC(CO)(CO)CO.CCC(COCC1CO1)(COCC1CO1)COCC1CO1.NC(CO)(CO)CO. The van der Waals surface area contributed by atoms with Gasteiger partial charge >= 0.3 is 0 Å². The molecule has 0 aliphatic carbocycles. The average molecular weight is 1090 g/mol. The number of nitrogens with one attached hydrogen (secondary N) is 3. The Balaban J connectivity index is 0.000000761. The molecule has 3 fully saturated rings. The van der Waals surface area contributed by atoms with Gasteiger partial charge in [0.05, 0.1) is 219 Å². The summed E-state index contributed by atoms with van der Waals surface area (Å²) in [6.07, 6.45) is -0.987. The number of hydrogen-bond donors (Lipinski definition) is 19. The number of hydrogen-bond acceptors (Lipinski definition) is 28. The topological polar surface area (TPSA) is 459 Å². The number of nitrogens with two attached hydrogens (primary N) is 1. The Morgan fingerprint density at radius 2 is 0.622 bits per heavy atom. The number of aliphatic hydroxyl groups is 15. The summed E-state index contributed by atoms with van der Waals surface area (Å²) in [5.74, 6) is 0. The van der Waals surface area contributed by atoms with Crippen LogP contribution in [0.3, 0.4) is 0 Å². The summed E-state index contributed by atoms with van der Waals surface area (Å²) in [5, 5.41) is 149. The molecule has 6 atom stereocenters. The molecule has 3 heterocycles. The molecule has 20 N–H and O–H groups in total.